The minimum atomic E-state index is -0.471. The molecule has 0 spiro atoms. The van der Waals surface area contributed by atoms with Gasteiger partial charge in [-0.2, -0.15) is 0 Å². The van der Waals surface area contributed by atoms with Crippen molar-refractivity contribution in [2.45, 2.75) is 6.04 Å². The molecule has 2 rings (SSSR count). The van der Waals surface area contributed by atoms with Crippen LogP contribution in [0.5, 0.6) is 5.75 Å². The van der Waals surface area contributed by atoms with Crippen molar-refractivity contribution >= 4 is 15.9 Å². The molecule has 0 amide bonds. The average molecular weight is 326 g/mol. The average Bonchev–Trinajstić information content (AvgIpc) is 2.45. The van der Waals surface area contributed by atoms with Crippen LogP contribution < -0.4 is 16.0 Å². The molecule has 0 fully saturated rings. The number of hydrogen-bond donors (Lipinski definition) is 2. The van der Waals surface area contributed by atoms with Crippen LogP contribution in [0.1, 0.15) is 17.3 Å². The number of ether oxygens (including phenoxy) is 1. The topological polar surface area (TPSA) is 60.2 Å². The van der Waals surface area contributed by atoms with E-state index in [1.165, 1.54) is 6.07 Å². The van der Waals surface area contributed by atoms with Crippen molar-refractivity contribution in [2.75, 3.05) is 7.11 Å². The lowest BCUT2D eigenvalue weighted by molar-refractivity contribution is 0.400. The third-order valence-corrected chi connectivity index (χ3v) is 3.59. The Hall–Kier alpha value is -1.50. The molecule has 0 saturated carbocycles. The summed E-state index contributed by atoms with van der Waals surface area (Å²) in [6.07, 6.45) is 1.63. The molecule has 0 saturated heterocycles. The van der Waals surface area contributed by atoms with Gasteiger partial charge in [0.2, 0.25) is 0 Å². The van der Waals surface area contributed by atoms with Crippen molar-refractivity contribution in [3.8, 4) is 5.75 Å². The zero-order chi connectivity index (χ0) is 13.8. The Morgan fingerprint density at radius 2 is 2.16 bits per heavy atom. The third-order valence-electron chi connectivity index (χ3n) is 2.75. The molecule has 0 aliphatic rings. The molecule has 6 heteroatoms. The standard InChI is InChI=1S/C13H13BrFN3O/c1-19-10-6-3-7-17-13(10)12(18-16)8-4-2-5-9(15)11(8)14/h2-7,12,18H,16H2,1H3. The van der Waals surface area contributed by atoms with E-state index in [1.807, 2.05) is 0 Å². The van der Waals surface area contributed by atoms with Crippen LogP contribution >= 0.6 is 15.9 Å². The number of benzene rings is 1. The van der Waals surface area contributed by atoms with Gasteiger partial charge in [-0.15, -0.1) is 0 Å². The van der Waals surface area contributed by atoms with E-state index >= 15 is 0 Å². The third kappa shape index (κ3) is 2.75. The number of halogens is 2. The Labute approximate surface area is 118 Å². The number of hydrazine groups is 1. The van der Waals surface area contributed by atoms with Gasteiger partial charge >= 0.3 is 0 Å². The summed E-state index contributed by atoms with van der Waals surface area (Å²) in [5, 5.41) is 0. The van der Waals surface area contributed by atoms with Gasteiger partial charge in [0, 0.05) is 6.20 Å². The van der Waals surface area contributed by atoms with Crippen LogP contribution in [0.3, 0.4) is 0 Å². The quantitative estimate of drug-likeness (QED) is 0.670. The molecule has 1 aromatic heterocycles. The second-order valence-corrected chi connectivity index (χ2v) is 4.63. The van der Waals surface area contributed by atoms with Crippen LogP contribution in [0.25, 0.3) is 0 Å². The van der Waals surface area contributed by atoms with E-state index in [2.05, 4.69) is 26.3 Å². The second kappa shape index (κ2) is 6.10. The van der Waals surface area contributed by atoms with Crippen LogP contribution in [0.2, 0.25) is 0 Å². The molecule has 0 bridgehead atoms. The maximum absolute atomic E-state index is 13.6. The smallest absolute Gasteiger partial charge is 0.142 e. The molecular weight excluding hydrogens is 313 g/mol. The van der Waals surface area contributed by atoms with Gasteiger partial charge in [-0.25, -0.2) is 9.82 Å². The largest absolute Gasteiger partial charge is 0.495 e. The van der Waals surface area contributed by atoms with Gasteiger partial charge in [-0.05, 0) is 39.7 Å². The molecule has 3 N–H and O–H groups in total. The summed E-state index contributed by atoms with van der Waals surface area (Å²) in [5.74, 6) is 5.82. The van der Waals surface area contributed by atoms with E-state index < -0.39 is 6.04 Å². The van der Waals surface area contributed by atoms with E-state index in [4.69, 9.17) is 10.6 Å². The first-order chi connectivity index (χ1) is 9.19. The fraction of sp³-hybridized carbons (Fsp3) is 0.154. The summed E-state index contributed by atoms with van der Waals surface area (Å²) in [7, 11) is 1.55. The predicted molar refractivity (Wildman–Crippen MR) is 74.1 cm³/mol. The van der Waals surface area contributed by atoms with Crippen LogP contribution in [0.15, 0.2) is 41.0 Å². The van der Waals surface area contributed by atoms with Gasteiger partial charge in [0.1, 0.15) is 17.3 Å². The monoisotopic (exact) mass is 325 g/mol. The van der Waals surface area contributed by atoms with Crippen molar-refractivity contribution < 1.29 is 9.13 Å². The normalized spacial score (nSPS) is 12.2. The van der Waals surface area contributed by atoms with Gasteiger partial charge in [-0.3, -0.25) is 10.8 Å². The number of hydrogen-bond acceptors (Lipinski definition) is 4. The number of nitrogens with two attached hydrogens (primary N) is 1. The van der Waals surface area contributed by atoms with Crippen LogP contribution in [0, 0.1) is 5.82 Å². The highest BCUT2D eigenvalue weighted by molar-refractivity contribution is 9.10. The summed E-state index contributed by atoms with van der Waals surface area (Å²) in [4.78, 5) is 4.26. The van der Waals surface area contributed by atoms with E-state index in [0.717, 1.165) is 0 Å². The van der Waals surface area contributed by atoms with Crippen molar-refractivity contribution in [3.05, 3.63) is 58.1 Å². The van der Waals surface area contributed by atoms with E-state index in [9.17, 15) is 4.39 Å². The van der Waals surface area contributed by atoms with Gasteiger partial charge in [-0.1, -0.05) is 12.1 Å². The number of nitrogens with one attached hydrogen (secondary N) is 1. The molecule has 19 heavy (non-hydrogen) atoms. The first kappa shape index (κ1) is 13.9. The molecule has 0 aliphatic heterocycles. The van der Waals surface area contributed by atoms with Crippen molar-refractivity contribution in [2.24, 2.45) is 5.84 Å². The molecule has 1 aromatic carbocycles. The number of aromatic nitrogens is 1. The minimum absolute atomic E-state index is 0.352. The SMILES string of the molecule is COc1cccnc1C(NN)c1cccc(F)c1Br. The number of pyridine rings is 1. The van der Waals surface area contributed by atoms with Gasteiger partial charge in [0.05, 0.1) is 17.6 Å². The lowest BCUT2D eigenvalue weighted by atomic mass is 10.0. The summed E-state index contributed by atoms with van der Waals surface area (Å²) >= 11 is 3.23. The predicted octanol–water partition coefficient (Wildman–Crippen LogP) is 2.54. The summed E-state index contributed by atoms with van der Waals surface area (Å²) in [5.41, 5.74) is 3.89. The van der Waals surface area contributed by atoms with Gasteiger partial charge in [0.15, 0.2) is 0 Å². The number of methoxy groups -OCH3 is 1. The summed E-state index contributed by atoms with van der Waals surface area (Å²) in [6.45, 7) is 0. The van der Waals surface area contributed by atoms with Gasteiger partial charge < -0.3 is 4.74 Å². The first-order valence-electron chi connectivity index (χ1n) is 5.58. The molecule has 4 nitrogen and oxygen atoms in total. The Balaban J connectivity index is 2.53. The minimum Gasteiger partial charge on any atom is -0.495 e. The second-order valence-electron chi connectivity index (χ2n) is 3.83. The maximum atomic E-state index is 13.6. The molecule has 1 heterocycles. The van der Waals surface area contributed by atoms with Crippen molar-refractivity contribution in [1.29, 1.82) is 0 Å². The fourth-order valence-electron chi connectivity index (χ4n) is 1.85. The molecule has 100 valence electrons. The van der Waals surface area contributed by atoms with Crippen LogP contribution in [-0.4, -0.2) is 12.1 Å². The zero-order valence-corrected chi connectivity index (χ0v) is 11.8. The molecular formula is C13H13BrFN3O. The summed E-state index contributed by atoms with van der Waals surface area (Å²) < 4.78 is 19.2. The van der Waals surface area contributed by atoms with Crippen molar-refractivity contribution in [3.63, 3.8) is 0 Å². The Morgan fingerprint density at radius 1 is 1.37 bits per heavy atom. The Kier molecular flexibility index (Phi) is 4.47. The Bertz CT molecular complexity index is 580. The molecule has 1 atom stereocenters. The molecule has 2 aromatic rings. The van der Waals surface area contributed by atoms with Crippen molar-refractivity contribution in [1.82, 2.24) is 10.4 Å². The summed E-state index contributed by atoms with van der Waals surface area (Å²) in [6, 6.07) is 7.83. The maximum Gasteiger partial charge on any atom is 0.142 e. The highest BCUT2D eigenvalue weighted by Gasteiger charge is 2.21. The van der Waals surface area contributed by atoms with E-state index in [0.29, 0.717) is 21.5 Å². The number of rotatable bonds is 4. The van der Waals surface area contributed by atoms with Crippen LogP contribution in [-0.2, 0) is 0 Å². The van der Waals surface area contributed by atoms with Crippen LogP contribution in [0.4, 0.5) is 4.39 Å². The molecule has 1 unspecified atom stereocenters. The fourth-order valence-corrected chi connectivity index (χ4v) is 2.34. The highest BCUT2D eigenvalue weighted by Crippen LogP contribution is 2.32. The highest BCUT2D eigenvalue weighted by atomic mass is 79.9. The van der Waals surface area contributed by atoms with E-state index in [1.54, 1.807) is 37.6 Å². The first-order valence-corrected chi connectivity index (χ1v) is 6.37. The zero-order valence-electron chi connectivity index (χ0n) is 10.2. The van der Waals surface area contributed by atoms with Gasteiger partial charge in [0.25, 0.3) is 0 Å². The van der Waals surface area contributed by atoms with E-state index in [-0.39, 0.29) is 5.82 Å². The molecule has 0 aliphatic carbocycles. The lowest BCUT2D eigenvalue weighted by Gasteiger charge is -2.19. The lowest BCUT2D eigenvalue weighted by Crippen LogP contribution is -2.30. The Morgan fingerprint density at radius 3 is 2.84 bits per heavy atom. The molecule has 0 radical (unpaired) electrons. The number of nitrogens with zero attached hydrogens (tertiary/aromatic N) is 1.